The van der Waals surface area contributed by atoms with Crippen LogP contribution < -0.4 is 4.74 Å². The number of rotatable bonds is 3. The first-order valence-corrected chi connectivity index (χ1v) is 6.86. The summed E-state index contributed by atoms with van der Waals surface area (Å²) in [5.41, 5.74) is 3.89. The largest absolute Gasteiger partial charge is 0.497 e. The zero-order valence-electron chi connectivity index (χ0n) is 12.1. The van der Waals surface area contributed by atoms with Crippen molar-refractivity contribution < 1.29 is 9.53 Å². The quantitative estimate of drug-likeness (QED) is 0.652. The van der Waals surface area contributed by atoms with Crippen LogP contribution in [0.25, 0.3) is 21.9 Å². The molecule has 0 aliphatic carbocycles. The van der Waals surface area contributed by atoms with E-state index in [4.69, 9.17) is 4.74 Å². The standard InChI is InChI=1S/C19H16O2/c1-13-11-18(14-7-9-15(21-2)10-8-14)19(12-20)17-6-4-3-5-16(13)17/h3-12H,1-2H3. The Morgan fingerprint density at radius 2 is 1.62 bits per heavy atom. The van der Waals surface area contributed by atoms with Gasteiger partial charge in [-0.3, -0.25) is 4.79 Å². The number of methoxy groups -OCH3 is 1. The van der Waals surface area contributed by atoms with Gasteiger partial charge in [0.15, 0.2) is 6.29 Å². The Morgan fingerprint density at radius 3 is 2.24 bits per heavy atom. The monoisotopic (exact) mass is 276 g/mol. The Hall–Kier alpha value is -2.61. The number of carbonyl (C=O) groups is 1. The van der Waals surface area contributed by atoms with Crippen LogP contribution in [0.3, 0.4) is 0 Å². The van der Waals surface area contributed by atoms with Crippen molar-refractivity contribution in [3.05, 3.63) is 65.7 Å². The van der Waals surface area contributed by atoms with Gasteiger partial charge in [-0.2, -0.15) is 0 Å². The van der Waals surface area contributed by atoms with Gasteiger partial charge in [0.25, 0.3) is 0 Å². The molecule has 3 aromatic rings. The molecule has 0 saturated carbocycles. The maximum absolute atomic E-state index is 11.6. The van der Waals surface area contributed by atoms with Crippen LogP contribution in [-0.2, 0) is 0 Å². The Bertz CT molecular complexity index is 802. The van der Waals surface area contributed by atoms with Gasteiger partial charge in [-0.05, 0) is 46.5 Å². The van der Waals surface area contributed by atoms with E-state index < -0.39 is 0 Å². The van der Waals surface area contributed by atoms with Gasteiger partial charge in [-0.1, -0.05) is 42.5 Å². The van der Waals surface area contributed by atoms with Crippen molar-refractivity contribution in [2.45, 2.75) is 6.92 Å². The molecule has 3 rings (SSSR count). The number of benzene rings is 3. The highest BCUT2D eigenvalue weighted by molar-refractivity contribution is 6.05. The Kier molecular flexibility index (Phi) is 3.44. The van der Waals surface area contributed by atoms with E-state index >= 15 is 0 Å². The molecular formula is C19H16O2. The van der Waals surface area contributed by atoms with Crippen molar-refractivity contribution in [1.82, 2.24) is 0 Å². The third-order valence-electron chi connectivity index (χ3n) is 3.81. The second-order valence-electron chi connectivity index (χ2n) is 5.05. The molecule has 0 fully saturated rings. The number of hydrogen-bond acceptors (Lipinski definition) is 2. The SMILES string of the molecule is COc1ccc(-c2cc(C)c3ccccc3c2C=O)cc1. The number of aldehydes is 1. The van der Waals surface area contributed by atoms with Crippen LogP contribution in [0.4, 0.5) is 0 Å². The molecule has 0 aliphatic heterocycles. The van der Waals surface area contributed by atoms with E-state index in [9.17, 15) is 4.79 Å². The molecule has 21 heavy (non-hydrogen) atoms. The lowest BCUT2D eigenvalue weighted by Gasteiger charge is -2.12. The van der Waals surface area contributed by atoms with Crippen LogP contribution >= 0.6 is 0 Å². The van der Waals surface area contributed by atoms with Crippen molar-refractivity contribution in [3.8, 4) is 16.9 Å². The molecule has 0 radical (unpaired) electrons. The topological polar surface area (TPSA) is 26.3 Å². The summed E-state index contributed by atoms with van der Waals surface area (Å²) >= 11 is 0. The summed E-state index contributed by atoms with van der Waals surface area (Å²) in [5.74, 6) is 0.809. The molecule has 0 amide bonds. The molecule has 0 N–H and O–H groups in total. The van der Waals surface area contributed by atoms with Gasteiger partial charge in [0, 0.05) is 5.56 Å². The van der Waals surface area contributed by atoms with Crippen LogP contribution in [0.2, 0.25) is 0 Å². The van der Waals surface area contributed by atoms with Gasteiger partial charge in [-0.25, -0.2) is 0 Å². The fraction of sp³-hybridized carbons (Fsp3) is 0.105. The normalized spacial score (nSPS) is 10.6. The second kappa shape index (κ2) is 5.41. The Labute approximate surface area is 124 Å². The van der Waals surface area contributed by atoms with Crippen molar-refractivity contribution in [1.29, 1.82) is 0 Å². The van der Waals surface area contributed by atoms with E-state index in [1.807, 2.05) is 42.5 Å². The van der Waals surface area contributed by atoms with E-state index in [-0.39, 0.29) is 0 Å². The third-order valence-corrected chi connectivity index (χ3v) is 3.81. The van der Waals surface area contributed by atoms with Crippen molar-refractivity contribution >= 4 is 17.1 Å². The van der Waals surface area contributed by atoms with Gasteiger partial charge in [0.2, 0.25) is 0 Å². The molecule has 104 valence electrons. The lowest BCUT2D eigenvalue weighted by atomic mass is 9.92. The minimum atomic E-state index is 0.737. The van der Waals surface area contributed by atoms with Gasteiger partial charge in [0.05, 0.1) is 7.11 Å². The smallest absolute Gasteiger partial charge is 0.151 e. The fourth-order valence-electron chi connectivity index (χ4n) is 2.72. The minimum Gasteiger partial charge on any atom is -0.497 e. The van der Waals surface area contributed by atoms with Gasteiger partial charge < -0.3 is 4.74 Å². The molecule has 0 aliphatic rings. The molecule has 0 saturated heterocycles. The fourth-order valence-corrected chi connectivity index (χ4v) is 2.72. The van der Waals surface area contributed by atoms with Crippen LogP contribution in [0.1, 0.15) is 15.9 Å². The number of fused-ring (bicyclic) bond motifs is 1. The first kappa shape index (κ1) is 13.4. The van der Waals surface area contributed by atoms with E-state index in [1.165, 1.54) is 5.56 Å². The summed E-state index contributed by atoms with van der Waals surface area (Å²) in [5, 5.41) is 2.12. The van der Waals surface area contributed by atoms with E-state index in [2.05, 4.69) is 19.1 Å². The first-order chi connectivity index (χ1) is 10.2. The lowest BCUT2D eigenvalue weighted by molar-refractivity contribution is 0.112. The molecular weight excluding hydrogens is 260 g/mol. The van der Waals surface area contributed by atoms with Gasteiger partial charge in [0.1, 0.15) is 5.75 Å². The summed E-state index contributed by atoms with van der Waals surface area (Å²) in [7, 11) is 1.64. The molecule has 3 aromatic carbocycles. The van der Waals surface area contributed by atoms with Crippen molar-refractivity contribution in [2.75, 3.05) is 7.11 Å². The van der Waals surface area contributed by atoms with Gasteiger partial charge >= 0.3 is 0 Å². The number of aryl methyl sites for hydroxylation is 1. The lowest BCUT2D eigenvalue weighted by Crippen LogP contribution is -1.93. The predicted octanol–water partition coefficient (Wildman–Crippen LogP) is 4.64. The average Bonchev–Trinajstić information content (AvgIpc) is 2.55. The number of carbonyl (C=O) groups excluding carboxylic acids is 1. The van der Waals surface area contributed by atoms with Crippen molar-refractivity contribution in [3.63, 3.8) is 0 Å². The number of hydrogen-bond donors (Lipinski definition) is 0. The second-order valence-corrected chi connectivity index (χ2v) is 5.05. The summed E-state index contributed by atoms with van der Waals surface area (Å²) in [6, 6.07) is 17.9. The molecule has 0 aromatic heterocycles. The molecule has 0 unspecified atom stereocenters. The van der Waals surface area contributed by atoms with Gasteiger partial charge in [-0.15, -0.1) is 0 Å². The predicted molar refractivity (Wildman–Crippen MR) is 86.1 cm³/mol. The van der Waals surface area contributed by atoms with Crippen LogP contribution in [-0.4, -0.2) is 13.4 Å². The highest BCUT2D eigenvalue weighted by Crippen LogP contribution is 2.32. The maximum atomic E-state index is 11.6. The highest BCUT2D eigenvalue weighted by Gasteiger charge is 2.11. The molecule has 0 spiro atoms. The maximum Gasteiger partial charge on any atom is 0.151 e. The molecule has 2 nitrogen and oxygen atoms in total. The highest BCUT2D eigenvalue weighted by atomic mass is 16.5. The van der Waals surface area contributed by atoms with Crippen LogP contribution in [0, 0.1) is 6.92 Å². The molecule has 0 atom stereocenters. The average molecular weight is 276 g/mol. The molecule has 0 heterocycles. The zero-order chi connectivity index (χ0) is 14.8. The third kappa shape index (κ3) is 2.29. The van der Waals surface area contributed by atoms with E-state index in [1.54, 1.807) is 7.11 Å². The Morgan fingerprint density at radius 1 is 0.952 bits per heavy atom. The summed E-state index contributed by atoms with van der Waals surface area (Å²) in [6.45, 7) is 2.07. The summed E-state index contributed by atoms with van der Waals surface area (Å²) in [4.78, 5) is 11.6. The number of ether oxygens (including phenoxy) is 1. The first-order valence-electron chi connectivity index (χ1n) is 6.86. The van der Waals surface area contributed by atoms with E-state index in [0.29, 0.717) is 0 Å². The van der Waals surface area contributed by atoms with Crippen LogP contribution in [0.15, 0.2) is 54.6 Å². The van der Waals surface area contributed by atoms with Crippen molar-refractivity contribution in [2.24, 2.45) is 0 Å². The minimum absolute atomic E-state index is 0.737. The summed E-state index contributed by atoms with van der Waals surface area (Å²) in [6.07, 6.45) is 0.946. The van der Waals surface area contributed by atoms with Crippen LogP contribution in [0.5, 0.6) is 5.75 Å². The van der Waals surface area contributed by atoms with E-state index in [0.717, 1.165) is 39.5 Å². The molecule has 0 bridgehead atoms. The molecule has 2 heteroatoms. The zero-order valence-corrected chi connectivity index (χ0v) is 12.1. The summed E-state index contributed by atoms with van der Waals surface area (Å²) < 4.78 is 5.19. The Balaban J connectivity index is 2.28.